The normalized spacial score (nSPS) is 17.3. The molecule has 1 aliphatic rings. The van der Waals surface area contributed by atoms with Gasteiger partial charge in [-0.3, -0.25) is 0 Å². The fraction of sp³-hybridized carbons (Fsp3) is 0.600. The molecule has 0 saturated carbocycles. The van der Waals surface area contributed by atoms with E-state index in [0.717, 1.165) is 25.2 Å². The number of aliphatic hydroxyl groups is 1. The van der Waals surface area contributed by atoms with Crippen LogP contribution in [0.2, 0.25) is 10.0 Å². The van der Waals surface area contributed by atoms with Crippen molar-refractivity contribution in [3.05, 3.63) is 33.8 Å². The van der Waals surface area contributed by atoms with E-state index in [1.165, 1.54) is 19.3 Å². The largest absolute Gasteiger partial charge is 0.390 e. The van der Waals surface area contributed by atoms with Crippen LogP contribution in [0, 0.1) is 0 Å². The van der Waals surface area contributed by atoms with Crippen LogP contribution < -0.4 is 5.32 Å². The van der Waals surface area contributed by atoms with E-state index in [1.807, 2.05) is 12.1 Å². The molecule has 2 N–H and O–H groups in total. The van der Waals surface area contributed by atoms with Gasteiger partial charge in [-0.25, -0.2) is 0 Å². The lowest BCUT2D eigenvalue weighted by Crippen LogP contribution is -2.40. The van der Waals surface area contributed by atoms with Crippen molar-refractivity contribution < 1.29 is 5.11 Å². The van der Waals surface area contributed by atoms with Crippen LogP contribution in [0.3, 0.4) is 0 Å². The smallest absolute Gasteiger partial charge is 0.0791 e. The molecule has 0 amide bonds. The zero-order valence-corrected chi connectivity index (χ0v) is 14.4. The summed E-state index contributed by atoms with van der Waals surface area (Å²) in [6.07, 6.45) is 3.51. The van der Waals surface area contributed by atoms with Crippen LogP contribution in [-0.4, -0.2) is 42.3 Å². The molecule has 21 heavy (non-hydrogen) atoms. The molecule has 1 aromatic rings. The molecule has 0 spiro atoms. The van der Waals surface area contributed by atoms with E-state index in [0.29, 0.717) is 23.1 Å². The minimum atomic E-state index is -0.323. The van der Waals surface area contributed by atoms with Crippen LogP contribution in [0.1, 0.15) is 24.8 Å². The summed E-state index contributed by atoms with van der Waals surface area (Å²) in [6.45, 7) is 4.27. The zero-order valence-electron chi connectivity index (χ0n) is 12.0. The molecular weight excluding hydrogens is 331 g/mol. The topological polar surface area (TPSA) is 35.5 Å². The lowest BCUT2D eigenvalue weighted by atomic mass is 10.1. The minimum absolute atomic E-state index is 0. The number of rotatable bonds is 6. The molecule has 120 valence electrons. The van der Waals surface area contributed by atoms with E-state index in [1.54, 1.807) is 6.07 Å². The van der Waals surface area contributed by atoms with Gasteiger partial charge in [0.25, 0.3) is 0 Å². The number of nitrogens with one attached hydrogen (secondary N) is 1. The average molecular weight is 354 g/mol. The maximum absolute atomic E-state index is 10.0. The highest BCUT2D eigenvalue weighted by Gasteiger charge is 2.14. The van der Waals surface area contributed by atoms with Gasteiger partial charge >= 0.3 is 0 Å². The lowest BCUT2D eigenvalue weighted by Gasteiger charge is -2.28. The quantitative estimate of drug-likeness (QED) is 0.823. The highest BCUT2D eigenvalue weighted by Crippen LogP contribution is 2.22. The Bertz CT molecular complexity index is 425. The second kappa shape index (κ2) is 9.88. The van der Waals surface area contributed by atoms with Gasteiger partial charge in [0.1, 0.15) is 0 Å². The van der Waals surface area contributed by atoms with E-state index in [-0.39, 0.29) is 18.5 Å². The van der Waals surface area contributed by atoms with Crippen molar-refractivity contribution in [2.24, 2.45) is 0 Å². The number of hydrogen-bond donors (Lipinski definition) is 2. The van der Waals surface area contributed by atoms with Crippen molar-refractivity contribution in [2.75, 3.05) is 26.2 Å². The second-order valence-corrected chi connectivity index (χ2v) is 6.21. The standard InChI is InChI=1S/C15H22Cl2N2O.ClH/c16-14-5-4-12(8-15(14)17)9-18-10-13(20)11-19-6-2-1-3-7-19;/h4-5,8,13,18,20H,1-3,6-7,9-11H2;1H. The summed E-state index contributed by atoms with van der Waals surface area (Å²) in [4.78, 5) is 2.34. The summed E-state index contributed by atoms with van der Waals surface area (Å²) in [5, 5.41) is 14.4. The molecule has 0 aromatic heterocycles. The first-order valence-electron chi connectivity index (χ1n) is 7.20. The molecule has 3 nitrogen and oxygen atoms in total. The molecule has 1 unspecified atom stereocenters. The Morgan fingerprint density at radius 3 is 2.52 bits per heavy atom. The van der Waals surface area contributed by atoms with Crippen molar-refractivity contribution in [3.8, 4) is 0 Å². The number of piperidine rings is 1. The first kappa shape index (κ1) is 19.0. The van der Waals surface area contributed by atoms with Crippen molar-refractivity contribution in [1.82, 2.24) is 10.2 Å². The molecule has 1 fully saturated rings. The average Bonchev–Trinajstić information content (AvgIpc) is 2.44. The van der Waals surface area contributed by atoms with E-state index in [4.69, 9.17) is 23.2 Å². The van der Waals surface area contributed by atoms with Crippen molar-refractivity contribution in [3.63, 3.8) is 0 Å². The molecule has 0 aliphatic carbocycles. The molecule has 2 rings (SSSR count). The van der Waals surface area contributed by atoms with Crippen LogP contribution in [0.4, 0.5) is 0 Å². The monoisotopic (exact) mass is 352 g/mol. The number of aliphatic hydroxyl groups excluding tert-OH is 1. The van der Waals surface area contributed by atoms with E-state index in [9.17, 15) is 5.11 Å². The highest BCUT2D eigenvalue weighted by molar-refractivity contribution is 6.42. The highest BCUT2D eigenvalue weighted by atomic mass is 35.5. The Morgan fingerprint density at radius 2 is 1.86 bits per heavy atom. The zero-order chi connectivity index (χ0) is 14.4. The van der Waals surface area contributed by atoms with E-state index < -0.39 is 0 Å². The van der Waals surface area contributed by atoms with Crippen LogP contribution in [0.15, 0.2) is 18.2 Å². The molecule has 1 atom stereocenters. The van der Waals surface area contributed by atoms with Gasteiger partial charge in [0, 0.05) is 19.6 Å². The first-order chi connectivity index (χ1) is 9.65. The summed E-state index contributed by atoms with van der Waals surface area (Å²) >= 11 is 11.8. The Kier molecular flexibility index (Phi) is 8.95. The lowest BCUT2D eigenvalue weighted by molar-refractivity contribution is 0.1000. The van der Waals surface area contributed by atoms with Gasteiger partial charge in [0.15, 0.2) is 0 Å². The van der Waals surface area contributed by atoms with Crippen LogP contribution in [0.25, 0.3) is 0 Å². The van der Waals surface area contributed by atoms with Crippen LogP contribution in [-0.2, 0) is 6.54 Å². The minimum Gasteiger partial charge on any atom is -0.390 e. The van der Waals surface area contributed by atoms with E-state index >= 15 is 0 Å². The third-order valence-electron chi connectivity index (χ3n) is 3.61. The third kappa shape index (κ3) is 6.72. The van der Waals surface area contributed by atoms with Crippen molar-refractivity contribution >= 4 is 35.6 Å². The summed E-state index contributed by atoms with van der Waals surface area (Å²) in [5.41, 5.74) is 1.07. The molecule has 1 aliphatic heterocycles. The van der Waals surface area contributed by atoms with Crippen molar-refractivity contribution in [2.45, 2.75) is 31.9 Å². The summed E-state index contributed by atoms with van der Waals surface area (Å²) in [6, 6.07) is 5.59. The predicted molar refractivity (Wildman–Crippen MR) is 91.7 cm³/mol. The van der Waals surface area contributed by atoms with E-state index in [2.05, 4.69) is 10.2 Å². The van der Waals surface area contributed by atoms with Gasteiger partial charge < -0.3 is 15.3 Å². The molecule has 0 radical (unpaired) electrons. The van der Waals surface area contributed by atoms with Gasteiger partial charge in [0.2, 0.25) is 0 Å². The van der Waals surface area contributed by atoms with Gasteiger partial charge in [-0.1, -0.05) is 35.7 Å². The number of likely N-dealkylation sites (tertiary alicyclic amines) is 1. The fourth-order valence-electron chi connectivity index (χ4n) is 2.54. The molecule has 0 bridgehead atoms. The molecule has 1 aromatic carbocycles. The summed E-state index contributed by atoms with van der Waals surface area (Å²) in [7, 11) is 0. The number of hydrogen-bond acceptors (Lipinski definition) is 3. The SMILES string of the molecule is Cl.OC(CNCc1ccc(Cl)c(Cl)c1)CN1CCCCC1. The van der Waals surface area contributed by atoms with Gasteiger partial charge in [0.05, 0.1) is 16.1 Å². The molecule has 1 saturated heterocycles. The maximum atomic E-state index is 10.0. The Labute approximate surface area is 143 Å². The number of halogens is 3. The second-order valence-electron chi connectivity index (χ2n) is 5.39. The number of β-amino-alcohol motifs (C(OH)–C–C–N with tert-alkyl or cyclic N) is 1. The molecular formula is C15H23Cl3N2O. The van der Waals surface area contributed by atoms with Crippen LogP contribution >= 0.6 is 35.6 Å². The van der Waals surface area contributed by atoms with Gasteiger partial charge in [-0.2, -0.15) is 0 Å². The first-order valence-corrected chi connectivity index (χ1v) is 7.96. The predicted octanol–water partition coefficient (Wildman–Crippen LogP) is 3.35. The summed E-state index contributed by atoms with van der Waals surface area (Å²) < 4.78 is 0. The van der Waals surface area contributed by atoms with Crippen molar-refractivity contribution in [1.29, 1.82) is 0 Å². The number of benzene rings is 1. The summed E-state index contributed by atoms with van der Waals surface area (Å²) in [5.74, 6) is 0. The van der Waals surface area contributed by atoms with Crippen LogP contribution in [0.5, 0.6) is 0 Å². The third-order valence-corrected chi connectivity index (χ3v) is 4.35. The van der Waals surface area contributed by atoms with Gasteiger partial charge in [-0.15, -0.1) is 12.4 Å². The molecule has 6 heteroatoms. The number of nitrogens with zero attached hydrogens (tertiary/aromatic N) is 1. The Hall–Kier alpha value is -0.0300. The Morgan fingerprint density at radius 1 is 1.14 bits per heavy atom. The maximum Gasteiger partial charge on any atom is 0.0791 e. The van der Waals surface area contributed by atoms with Gasteiger partial charge in [-0.05, 0) is 43.6 Å². The fourth-order valence-corrected chi connectivity index (χ4v) is 2.86. The molecule has 1 heterocycles. The Balaban J connectivity index is 0.00000220.